The lowest BCUT2D eigenvalue weighted by atomic mass is 10.1. The van der Waals surface area contributed by atoms with Gasteiger partial charge in [0.05, 0.1) is 4.90 Å². The molecule has 1 heterocycles. The van der Waals surface area contributed by atoms with E-state index in [0.717, 1.165) is 4.47 Å². The van der Waals surface area contributed by atoms with Crippen molar-refractivity contribution in [2.45, 2.75) is 11.8 Å². The molecule has 4 rings (SSSR count). The second-order valence-corrected chi connectivity index (χ2v) is 9.18. The zero-order valence-corrected chi connectivity index (χ0v) is 18.2. The molecular formula is C21H17BrN2O5S. The summed E-state index contributed by atoms with van der Waals surface area (Å²) >= 11 is 3.32. The molecule has 0 aromatic heterocycles. The summed E-state index contributed by atoms with van der Waals surface area (Å²) in [4.78, 5) is 12.7. The Labute approximate surface area is 182 Å². The average molecular weight is 489 g/mol. The van der Waals surface area contributed by atoms with E-state index in [1.165, 1.54) is 6.07 Å². The maximum absolute atomic E-state index is 12.9. The molecule has 1 aliphatic heterocycles. The Kier molecular flexibility index (Phi) is 5.40. The van der Waals surface area contributed by atoms with Crippen molar-refractivity contribution in [3.8, 4) is 11.5 Å². The van der Waals surface area contributed by atoms with Crippen LogP contribution >= 0.6 is 15.9 Å². The number of amides is 1. The first-order valence-electron chi connectivity index (χ1n) is 8.92. The number of hydrogen-bond donors (Lipinski definition) is 2. The van der Waals surface area contributed by atoms with Crippen LogP contribution in [0.4, 0.5) is 11.4 Å². The Morgan fingerprint density at radius 2 is 1.63 bits per heavy atom. The molecule has 2 N–H and O–H groups in total. The number of carbonyl (C=O) groups excluding carboxylic acids is 1. The van der Waals surface area contributed by atoms with Gasteiger partial charge >= 0.3 is 0 Å². The number of nitrogens with one attached hydrogen (secondary N) is 2. The van der Waals surface area contributed by atoms with E-state index in [2.05, 4.69) is 26.0 Å². The molecule has 0 unspecified atom stereocenters. The van der Waals surface area contributed by atoms with E-state index < -0.39 is 10.0 Å². The van der Waals surface area contributed by atoms with Crippen LogP contribution in [0.25, 0.3) is 0 Å². The van der Waals surface area contributed by atoms with E-state index in [1.807, 2.05) is 0 Å². The second kappa shape index (κ2) is 8.00. The Bertz CT molecular complexity index is 1230. The summed E-state index contributed by atoms with van der Waals surface area (Å²) in [6.07, 6.45) is 0. The smallest absolute Gasteiger partial charge is 0.262 e. The summed E-state index contributed by atoms with van der Waals surface area (Å²) in [6.45, 7) is 1.81. The number of carbonyl (C=O) groups is 1. The van der Waals surface area contributed by atoms with E-state index in [9.17, 15) is 13.2 Å². The highest BCUT2D eigenvalue weighted by molar-refractivity contribution is 9.10. The average Bonchev–Trinajstić information content (AvgIpc) is 3.18. The zero-order chi connectivity index (χ0) is 21.3. The molecule has 1 amide bonds. The van der Waals surface area contributed by atoms with Crippen LogP contribution in [-0.4, -0.2) is 21.1 Å². The number of aryl methyl sites for hydroxylation is 1. The molecule has 7 nitrogen and oxygen atoms in total. The number of sulfonamides is 1. The van der Waals surface area contributed by atoms with Gasteiger partial charge in [-0.1, -0.05) is 22.0 Å². The lowest BCUT2D eigenvalue weighted by molar-refractivity contribution is 0.102. The highest BCUT2D eigenvalue weighted by Crippen LogP contribution is 2.33. The molecule has 0 fully saturated rings. The van der Waals surface area contributed by atoms with Gasteiger partial charge in [0.1, 0.15) is 0 Å². The van der Waals surface area contributed by atoms with Crippen LogP contribution in [0.1, 0.15) is 15.9 Å². The Morgan fingerprint density at radius 1 is 0.933 bits per heavy atom. The lowest BCUT2D eigenvalue weighted by Crippen LogP contribution is -2.16. The third-order valence-electron chi connectivity index (χ3n) is 4.47. The fourth-order valence-corrected chi connectivity index (χ4v) is 4.53. The number of rotatable bonds is 5. The SMILES string of the molecule is Cc1ccc(NC(=O)c2ccc3c(c2)OCO3)cc1S(=O)(=O)Nc1ccc(Br)cc1. The number of ether oxygens (including phenoxy) is 2. The van der Waals surface area contributed by atoms with Crippen molar-refractivity contribution in [2.75, 3.05) is 16.8 Å². The number of fused-ring (bicyclic) bond motifs is 1. The quantitative estimate of drug-likeness (QED) is 0.549. The Hall–Kier alpha value is -3.04. The van der Waals surface area contributed by atoms with Gasteiger partial charge < -0.3 is 14.8 Å². The van der Waals surface area contributed by atoms with Crippen molar-refractivity contribution in [3.63, 3.8) is 0 Å². The van der Waals surface area contributed by atoms with E-state index in [1.54, 1.807) is 61.5 Å². The number of hydrogen-bond acceptors (Lipinski definition) is 5. The topological polar surface area (TPSA) is 93.7 Å². The zero-order valence-electron chi connectivity index (χ0n) is 15.8. The minimum absolute atomic E-state index is 0.0777. The summed E-state index contributed by atoms with van der Waals surface area (Å²) < 4.78 is 39.7. The summed E-state index contributed by atoms with van der Waals surface area (Å²) in [5, 5.41) is 2.73. The maximum atomic E-state index is 12.9. The van der Waals surface area contributed by atoms with Crippen molar-refractivity contribution in [3.05, 3.63) is 76.3 Å². The van der Waals surface area contributed by atoms with Gasteiger partial charge in [0.25, 0.3) is 15.9 Å². The minimum Gasteiger partial charge on any atom is -0.454 e. The molecular weight excluding hydrogens is 472 g/mol. The van der Waals surface area contributed by atoms with E-state index in [0.29, 0.717) is 34.0 Å². The first-order valence-corrected chi connectivity index (χ1v) is 11.2. The normalized spacial score (nSPS) is 12.5. The summed E-state index contributed by atoms with van der Waals surface area (Å²) in [6, 6.07) is 16.4. The van der Waals surface area contributed by atoms with Gasteiger partial charge in [0.2, 0.25) is 6.79 Å². The Balaban J connectivity index is 1.56. The van der Waals surface area contributed by atoms with Gasteiger partial charge in [-0.25, -0.2) is 8.42 Å². The second-order valence-electron chi connectivity index (χ2n) is 6.61. The molecule has 0 saturated heterocycles. The number of anilines is 2. The van der Waals surface area contributed by atoms with E-state index >= 15 is 0 Å². The van der Waals surface area contributed by atoms with Gasteiger partial charge in [-0.3, -0.25) is 9.52 Å². The first-order chi connectivity index (χ1) is 14.3. The maximum Gasteiger partial charge on any atom is 0.262 e. The largest absolute Gasteiger partial charge is 0.454 e. The van der Waals surface area contributed by atoms with Gasteiger partial charge in [0.15, 0.2) is 11.5 Å². The molecule has 1 aliphatic rings. The summed E-state index contributed by atoms with van der Waals surface area (Å²) in [5.41, 5.74) is 1.73. The first kappa shape index (κ1) is 20.2. The van der Waals surface area contributed by atoms with Crippen LogP contribution in [-0.2, 0) is 10.0 Å². The molecule has 0 saturated carbocycles. The standard InChI is InChI=1S/C21H17BrN2O5S/c1-13-2-6-17(23-21(25)14-3-9-18-19(10-14)29-12-28-18)11-20(13)30(26,27)24-16-7-4-15(22)5-8-16/h2-11,24H,12H2,1H3,(H,23,25). The number of benzene rings is 3. The van der Waals surface area contributed by atoms with Crippen molar-refractivity contribution >= 4 is 43.2 Å². The molecule has 30 heavy (non-hydrogen) atoms. The molecule has 3 aromatic carbocycles. The van der Waals surface area contributed by atoms with E-state index in [4.69, 9.17) is 9.47 Å². The lowest BCUT2D eigenvalue weighted by Gasteiger charge is -2.13. The molecule has 0 bridgehead atoms. The highest BCUT2D eigenvalue weighted by atomic mass is 79.9. The third-order valence-corrected chi connectivity index (χ3v) is 6.52. The fourth-order valence-electron chi connectivity index (χ4n) is 2.94. The van der Waals surface area contributed by atoms with Crippen LogP contribution < -0.4 is 19.5 Å². The highest BCUT2D eigenvalue weighted by Gasteiger charge is 2.20. The van der Waals surface area contributed by atoms with Crippen molar-refractivity contribution in [1.29, 1.82) is 0 Å². The van der Waals surface area contributed by atoms with Gasteiger partial charge in [0, 0.05) is 21.4 Å². The molecule has 154 valence electrons. The molecule has 0 aliphatic carbocycles. The van der Waals surface area contributed by atoms with Crippen molar-refractivity contribution in [1.82, 2.24) is 0 Å². The van der Waals surface area contributed by atoms with Gasteiger partial charge in [-0.05, 0) is 67.1 Å². The number of halogens is 1. The van der Waals surface area contributed by atoms with Gasteiger partial charge in [-0.2, -0.15) is 0 Å². The predicted octanol–water partition coefficient (Wildman–Crippen LogP) is 4.54. The monoisotopic (exact) mass is 488 g/mol. The predicted molar refractivity (Wildman–Crippen MR) is 117 cm³/mol. The molecule has 9 heteroatoms. The van der Waals surface area contributed by atoms with Crippen LogP contribution in [0.2, 0.25) is 0 Å². The van der Waals surface area contributed by atoms with Crippen molar-refractivity contribution < 1.29 is 22.7 Å². The van der Waals surface area contributed by atoms with Crippen LogP contribution in [0, 0.1) is 6.92 Å². The van der Waals surface area contributed by atoms with E-state index in [-0.39, 0.29) is 17.6 Å². The third kappa shape index (κ3) is 4.27. The molecule has 0 spiro atoms. The summed E-state index contributed by atoms with van der Waals surface area (Å²) in [5.74, 6) is 0.684. The Morgan fingerprint density at radius 3 is 2.40 bits per heavy atom. The fraction of sp³-hybridized carbons (Fsp3) is 0.0952. The van der Waals surface area contributed by atoms with Crippen LogP contribution in [0.15, 0.2) is 70.0 Å². The molecule has 0 atom stereocenters. The summed E-state index contributed by atoms with van der Waals surface area (Å²) in [7, 11) is -3.84. The minimum atomic E-state index is -3.84. The van der Waals surface area contributed by atoms with Crippen LogP contribution in [0.5, 0.6) is 11.5 Å². The van der Waals surface area contributed by atoms with Gasteiger partial charge in [-0.15, -0.1) is 0 Å². The molecule has 3 aromatic rings. The van der Waals surface area contributed by atoms with Crippen LogP contribution in [0.3, 0.4) is 0 Å². The van der Waals surface area contributed by atoms with Crippen molar-refractivity contribution in [2.24, 2.45) is 0 Å². The molecule has 0 radical (unpaired) electrons.